The van der Waals surface area contributed by atoms with Gasteiger partial charge in [0.05, 0.1) is 5.69 Å². The molecule has 62 valence electrons. The molecule has 1 aliphatic rings. The van der Waals surface area contributed by atoms with Crippen LogP contribution in [0.3, 0.4) is 0 Å². The monoisotopic (exact) mass is 183 g/mol. The zero-order valence-electron chi connectivity index (χ0n) is 5.99. The highest BCUT2D eigenvalue weighted by atomic mass is 32.2. The molecule has 2 heterocycles. The van der Waals surface area contributed by atoms with Crippen molar-refractivity contribution in [3.05, 3.63) is 32.7 Å². The highest BCUT2D eigenvalue weighted by Gasteiger charge is 2.11. The predicted molar refractivity (Wildman–Crippen MR) is 45.4 cm³/mol. The molecule has 0 spiro atoms. The Kier molecular flexibility index (Phi) is 1.65. The Morgan fingerprint density at radius 2 is 2.33 bits per heavy atom. The quantitative estimate of drug-likeness (QED) is 0.634. The van der Waals surface area contributed by atoms with Gasteiger partial charge in [-0.2, -0.15) is 0 Å². The molecule has 0 unspecified atom stereocenters. The number of nitrogens with one attached hydrogen (secondary N) is 1. The van der Waals surface area contributed by atoms with Crippen LogP contribution in [0.2, 0.25) is 0 Å². The van der Waals surface area contributed by atoms with Crippen LogP contribution in [0.25, 0.3) is 6.08 Å². The Bertz CT molecular complexity index is 443. The van der Waals surface area contributed by atoms with E-state index in [2.05, 4.69) is 9.40 Å². The zero-order valence-corrected chi connectivity index (χ0v) is 6.81. The van der Waals surface area contributed by atoms with Crippen LogP contribution in [0.15, 0.2) is 25.0 Å². The summed E-state index contributed by atoms with van der Waals surface area (Å²) in [6, 6.07) is 0. The Morgan fingerprint density at radius 3 is 3.17 bits per heavy atom. The van der Waals surface area contributed by atoms with Crippen molar-refractivity contribution in [1.29, 1.82) is 0 Å². The molecule has 0 radical (unpaired) electrons. The number of H-pyrrole nitrogens is 1. The lowest BCUT2D eigenvalue weighted by atomic mass is 10.3. The first-order valence-electron chi connectivity index (χ1n) is 3.34. The van der Waals surface area contributed by atoms with E-state index in [4.69, 9.17) is 0 Å². The SMILES string of the molecule is O=c1[nH]c2c(c(=O)o1)SCC=C2. The topological polar surface area (TPSA) is 63.1 Å². The number of rotatable bonds is 0. The summed E-state index contributed by atoms with van der Waals surface area (Å²) in [5.41, 5.74) is -0.00407. The van der Waals surface area contributed by atoms with Crippen molar-refractivity contribution in [3.8, 4) is 0 Å². The molecule has 0 bridgehead atoms. The molecule has 0 amide bonds. The molecular formula is C7H5NO3S. The molecule has 1 aromatic heterocycles. The lowest BCUT2D eigenvalue weighted by molar-refractivity contribution is 0.432. The molecule has 0 aromatic carbocycles. The molecule has 12 heavy (non-hydrogen) atoms. The second-order valence-electron chi connectivity index (χ2n) is 2.26. The van der Waals surface area contributed by atoms with E-state index < -0.39 is 11.4 Å². The number of aromatic nitrogens is 1. The highest BCUT2D eigenvalue weighted by Crippen LogP contribution is 2.21. The third-order valence-corrected chi connectivity index (χ3v) is 2.49. The second-order valence-corrected chi connectivity index (χ2v) is 3.29. The maximum absolute atomic E-state index is 11.0. The van der Waals surface area contributed by atoms with Crippen molar-refractivity contribution in [2.24, 2.45) is 0 Å². The molecule has 0 saturated carbocycles. The van der Waals surface area contributed by atoms with Gasteiger partial charge >= 0.3 is 11.4 Å². The van der Waals surface area contributed by atoms with Gasteiger partial charge in [0.25, 0.3) is 0 Å². The molecular weight excluding hydrogens is 178 g/mol. The van der Waals surface area contributed by atoms with E-state index in [9.17, 15) is 9.59 Å². The van der Waals surface area contributed by atoms with E-state index in [1.54, 1.807) is 6.08 Å². The van der Waals surface area contributed by atoms with E-state index in [-0.39, 0.29) is 0 Å². The zero-order chi connectivity index (χ0) is 8.55. The summed E-state index contributed by atoms with van der Waals surface area (Å²) in [4.78, 5) is 24.7. The summed E-state index contributed by atoms with van der Waals surface area (Å²) in [5.74, 6) is 0.0370. The average molecular weight is 183 g/mol. The van der Waals surface area contributed by atoms with Gasteiger partial charge in [-0.25, -0.2) is 9.59 Å². The fourth-order valence-corrected chi connectivity index (χ4v) is 1.78. The van der Waals surface area contributed by atoms with E-state index in [1.807, 2.05) is 6.08 Å². The third-order valence-electron chi connectivity index (χ3n) is 1.46. The first kappa shape index (κ1) is 7.42. The Balaban J connectivity index is 2.79. The average Bonchev–Trinajstić information content (AvgIpc) is 2.04. The summed E-state index contributed by atoms with van der Waals surface area (Å²) in [6.07, 6.45) is 3.59. The number of fused-ring (bicyclic) bond motifs is 1. The fraction of sp³-hybridized carbons (Fsp3) is 0.143. The molecule has 0 fully saturated rings. The van der Waals surface area contributed by atoms with Crippen molar-refractivity contribution in [3.63, 3.8) is 0 Å². The number of thioether (sulfide) groups is 1. The van der Waals surface area contributed by atoms with Crippen LogP contribution in [-0.4, -0.2) is 10.7 Å². The van der Waals surface area contributed by atoms with Gasteiger partial charge in [0.2, 0.25) is 0 Å². The third kappa shape index (κ3) is 1.12. The van der Waals surface area contributed by atoms with Crippen LogP contribution in [-0.2, 0) is 0 Å². The van der Waals surface area contributed by atoms with Gasteiger partial charge in [0.1, 0.15) is 4.90 Å². The maximum Gasteiger partial charge on any atom is 0.419 e. The first-order valence-corrected chi connectivity index (χ1v) is 4.33. The smallest absolute Gasteiger partial charge is 0.372 e. The highest BCUT2D eigenvalue weighted by molar-refractivity contribution is 7.99. The normalized spacial score (nSPS) is 14.3. The van der Waals surface area contributed by atoms with Gasteiger partial charge in [0.15, 0.2) is 0 Å². The Morgan fingerprint density at radius 1 is 1.50 bits per heavy atom. The summed E-state index contributed by atoms with van der Waals surface area (Å²) >= 11 is 1.36. The molecule has 0 saturated heterocycles. The van der Waals surface area contributed by atoms with E-state index in [0.717, 1.165) is 5.75 Å². The number of aromatic amines is 1. The van der Waals surface area contributed by atoms with Gasteiger partial charge in [0, 0.05) is 5.75 Å². The maximum atomic E-state index is 11.0. The molecule has 5 heteroatoms. The predicted octanol–water partition coefficient (Wildman–Crippen LogP) is 0.447. The van der Waals surface area contributed by atoms with Crippen LogP contribution in [0.4, 0.5) is 0 Å². The van der Waals surface area contributed by atoms with Crippen LogP contribution in [0.5, 0.6) is 0 Å². The van der Waals surface area contributed by atoms with Gasteiger partial charge in [-0.3, -0.25) is 4.98 Å². The summed E-state index contributed by atoms with van der Waals surface area (Å²) in [7, 11) is 0. The van der Waals surface area contributed by atoms with Crippen LogP contribution >= 0.6 is 11.8 Å². The standard InChI is InChI=1S/C7H5NO3S/c9-6-5-4(2-1-3-12-5)8-7(10)11-6/h1-2H,3H2,(H,8,10). The van der Waals surface area contributed by atoms with Crippen molar-refractivity contribution in [2.45, 2.75) is 4.90 Å². The number of hydrogen-bond acceptors (Lipinski definition) is 4. The minimum absolute atomic E-state index is 0.483. The molecule has 0 atom stereocenters. The molecule has 1 N–H and O–H groups in total. The van der Waals surface area contributed by atoms with E-state index in [1.165, 1.54) is 11.8 Å². The minimum atomic E-state index is -0.703. The van der Waals surface area contributed by atoms with Crippen LogP contribution < -0.4 is 11.4 Å². The Hall–Kier alpha value is -1.23. The lowest BCUT2D eigenvalue weighted by Gasteiger charge is -2.04. The molecule has 1 aromatic rings. The van der Waals surface area contributed by atoms with E-state index in [0.29, 0.717) is 10.6 Å². The molecule has 2 rings (SSSR count). The molecule has 4 nitrogen and oxygen atoms in total. The lowest BCUT2D eigenvalue weighted by Crippen LogP contribution is -2.19. The van der Waals surface area contributed by atoms with Crippen LogP contribution in [0, 0.1) is 0 Å². The van der Waals surface area contributed by atoms with E-state index >= 15 is 0 Å². The second kappa shape index (κ2) is 2.67. The first-order chi connectivity index (χ1) is 5.77. The molecule has 0 aliphatic carbocycles. The molecule has 1 aliphatic heterocycles. The van der Waals surface area contributed by atoms with Gasteiger partial charge in [-0.15, -0.1) is 11.8 Å². The fourth-order valence-electron chi connectivity index (χ4n) is 0.984. The summed E-state index contributed by atoms with van der Waals surface area (Å²) < 4.78 is 4.35. The van der Waals surface area contributed by atoms with Crippen molar-refractivity contribution in [2.75, 3.05) is 5.75 Å². The van der Waals surface area contributed by atoms with Gasteiger partial charge < -0.3 is 4.42 Å². The summed E-state index contributed by atoms with van der Waals surface area (Å²) in [5, 5.41) is 0. The largest absolute Gasteiger partial charge is 0.419 e. The number of hydrogen-bond donors (Lipinski definition) is 1. The van der Waals surface area contributed by atoms with Crippen molar-refractivity contribution >= 4 is 17.8 Å². The van der Waals surface area contributed by atoms with Gasteiger partial charge in [-0.1, -0.05) is 6.08 Å². The van der Waals surface area contributed by atoms with Crippen molar-refractivity contribution < 1.29 is 4.42 Å². The van der Waals surface area contributed by atoms with Crippen LogP contribution in [0.1, 0.15) is 5.69 Å². The van der Waals surface area contributed by atoms with Crippen molar-refractivity contribution in [1.82, 2.24) is 4.98 Å². The minimum Gasteiger partial charge on any atom is -0.372 e. The Labute approximate surface area is 71.3 Å². The summed E-state index contributed by atoms with van der Waals surface area (Å²) in [6.45, 7) is 0. The van der Waals surface area contributed by atoms with Gasteiger partial charge in [-0.05, 0) is 6.08 Å².